The first kappa shape index (κ1) is 19.0. The van der Waals surface area contributed by atoms with Crippen molar-refractivity contribution in [3.05, 3.63) is 58.1 Å². The van der Waals surface area contributed by atoms with Crippen LogP contribution in [0.15, 0.2) is 46.3 Å². The standard InChI is InChI=1S/C20H18N4O4S/c1-2-13-5-7-14(8-6-13)17-21-16(28-22-17)12-24-19(26)18(25)23(20(24)27)10-9-15-4-3-11-29-15/h3-8,11H,2,9-10,12H2,1H3. The van der Waals surface area contributed by atoms with Gasteiger partial charge >= 0.3 is 17.8 Å². The Labute approximate surface area is 170 Å². The molecule has 0 bridgehead atoms. The van der Waals surface area contributed by atoms with E-state index < -0.39 is 17.8 Å². The first-order valence-corrected chi connectivity index (χ1v) is 10.1. The Morgan fingerprint density at radius 1 is 1.03 bits per heavy atom. The molecular formula is C20H18N4O4S. The van der Waals surface area contributed by atoms with Crippen LogP contribution in [0.25, 0.3) is 11.4 Å². The summed E-state index contributed by atoms with van der Waals surface area (Å²) in [5.41, 5.74) is 1.96. The summed E-state index contributed by atoms with van der Waals surface area (Å²) in [4.78, 5) is 44.1. The van der Waals surface area contributed by atoms with Gasteiger partial charge in [-0.15, -0.1) is 11.3 Å². The van der Waals surface area contributed by atoms with Crippen LogP contribution in [0.1, 0.15) is 23.3 Å². The van der Waals surface area contributed by atoms with Gasteiger partial charge in [0.15, 0.2) is 0 Å². The molecule has 1 aliphatic heterocycles. The van der Waals surface area contributed by atoms with Gasteiger partial charge in [0.25, 0.3) is 0 Å². The van der Waals surface area contributed by atoms with Crippen molar-refractivity contribution in [3.63, 3.8) is 0 Å². The van der Waals surface area contributed by atoms with Crippen LogP contribution in [0, 0.1) is 0 Å². The van der Waals surface area contributed by atoms with Crippen molar-refractivity contribution in [1.29, 1.82) is 0 Å². The Balaban J connectivity index is 1.44. The lowest BCUT2D eigenvalue weighted by atomic mass is 10.1. The quantitative estimate of drug-likeness (QED) is 0.439. The summed E-state index contributed by atoms with van der Waals surface area (Å²) >= 11 is 1.53. The van der Waals surface area contributed by atoms with E-state index in [2.05, 4.69) is 17.1 Å². The number of aryl methyl sites for hydroxylation is 1. The molecule has 3 heterocycles. The minimum atomic E-state index is -0.881. The highest BCUT2D eigenvalue weighted by Gasteiger charge is 2.44. The highest BCUT2D eigenvalue weighted by molar-refractivity contribution is 7.09. The van der Waals surface area contributed by atoms with Gasteiger partial charge < -0.3 is 4.52 Å². The Morgan fingerprint density at radius 3 is 2.48 bits per heavy atom. The van der Waals surface area contributed by atoms with Crippen molar-refractivity contribution in [2.75, 3.05) is 6.54 Å². The van der Waals surface area contributed by atoms with Crippen LogP contribution in [-0.2, 0) is 29.0 Å². The topological polar surface area (TPSA) is 96.6 Å². The lowest BCUT2D eigenvalue weighted by Crippen LogP contribution is -2.34. The average molecular weight is 410 g/mol. The number of hydrogen-bond acceptors (Lipinski definition) is 7. The molecule has 9 heteroatoms. The largest absolute Gasteiger partial charge is 0.337 e. The molecule has 3 aromatic rings. The summed E-state index contributed by atoms with van der Waals surface area (Å²) < 4.78 is 5.19. The van der Waals surface area contributed by atoms with Crippen molar-refractivity contribution >= 4 is 29.2 Å². The van der Waals surface area contributed by atoms with Crippen LogP contribution >= 0.6 is 11.3 Å². The van der Waals surface area contributed by atoms with Crippen LogP contribution in [0.2, 0.25) is 0 Å². The molecular weight excluding hydrogens is 392 g/mol. The second kappa shape index (κ2) is 7.96. The zero-order valence-electron chi connectivity index (χ0n) is 15.7. The fourth-order valence-corrected chi connectivity index (χ4v) is 3.72. The summed E-state index contributed by atoms with van der Waals surface area (Å²) in [5, 5.41) is 5.83. The third-order valence-electron chi connectivity index (χ3n) is 4.68. The molecule has 1 fully saturated rings. The predicted octanol–water partition coefficient (Wildman–Crippen LogP) is 2.89. The molecule has 0 unspecified atom stereocenters. The van der Waals surface area contributed by atoms with E-state index in [1.807, 2.05) is 41.8 Å². The van der Waals surface area contributed by atoms with Gasteiger partial charge in [-0.3, -0.25) is 14.5 Å². The van der Waals surface area contributed by atoms with Crippen LogP contribution in [0.5, 0.6) is 0 Å². The summed E-state index contributed by atoms with van der Waals surface area (Å²) in [5.74, 6) is -1.26. The Morgan fingerprint density at radius 2 is 1.79 bits per heavy atom. The molecule has 2 aromatic heterocycles. The van der Waals surface area contributed by atoms with E-state index in [1.165, 1.54) is 16.9 Å². The van der Waals surface area contributed by atoms with Crippen LogP contribution in [0.4, 0.5) is 4.79 Å². The first-order chi connectivity index (χ1) is 14.1. The van der Waals surface area contributed by atoms with Gasteiger partial charge in [-0.05, 0) is 23.4 Å². The number of amides is 4. The number of urea groups is 1. The lowest BCUT2D eigenvalue weighted by molar-refractivity contribution is -0.143. The number of carbonyl (C=O) groups excluding carboxylic acids is 3. The smallest absolute Gasteiger partial charge is 0.334 e. The van der Waals surface area contributed by atoms with Crippen molar-refractivity contribution in [1.82, 2.24) is 19.9 Å². The van der Waals surface area contributed by atoms with E-state index in [-0.39, 0.29) is 19.0 Å². The zero-order chi connectivity index (χ0) is 20.4. The van der Waals surface area contributed by atoms with Gasteiger partial charge in [-0.1, -0.05) is 42.4 Å². The Bertz CT molecular complexity index is 1040. The fraction of sp³-hybridized carbons (Fsp3) is 0.250. The molecule has 0 atom stereocenters. The molecule has 4 amide bonds. The SMILES string of the molecule is CCc1ccc(-c2noc(CN3C(=O)C(=O)N(CCc4cccs4)C3=O)n2)cc1. The van der Waals surface area contributed by atoms with Gasteiger partial charge in [-0.25, -0.2) is 9.69 Å². The number of hydrogen-bond donors (Lipinski definition) is 0. The van der Waals surface area contributed by atoms with Gasteiger partial charge in [0, 0.05) is 23.4 Å². The second-order valence-electron chi connectivity index (χ2n) is 6.52. The first-order valence-electron chi connectivity index (χ1n) is 9.18. The van der Waals surface area contributed by atoms with Gasteiger partial charge in [0.2, 0.25) is 11.7 Å². The maximum absolute atomic E-state index is 12.6. The number of imide groups is 2. The number of rotatable bonds is 7. The summed E-state index contributed by atoms with van der Waals surface area (Å²) in [7, 11) is 0. The van der Waals surface area contributed by atoms with E-state index >= 15 is 0 Å². The van der Waals surface area contributed by atoms with Crippen LogP contribution in [0.3, 0.4) is 0 Å². The zero-order valence-corrected chi connectivity index (χ0v) is 16.5. The van der Waals surface area contributed by atoms with E-state index in [0.717, 1.165) is 26.7 Å². The number of nitrogens with zero attached hydrogens (tertiary/aromatic N) is 4. The van der Waals surface area contributed by atoms with Gasteiger partial charge in [0.05, 0.1) is 0 Å². The van der Waals surface area contributed by atoms with Crippen molar-refractivity contribution < 1.29 is 18.9 Å². The third-order valence-corrected chi connectivity index (χ3v) is 5.61. The average Bonchev–Trinajstić information content (AvgIpc) is 3.46. The Hall–Kier alpha value is -3.33. The summed E-state index contributed by atoms with van der Waals surface area (Å²) in [6.45, 7) is 1.98. The minimum absolute atomic E-state index is 0.0918. The monoisotopic (exact) mass is 410 g/mol. The van der Waals surface area contributed by atoms with Gasteiger partial charge in [-0.2, -0.15) is 4.98 Å². The number of thiophene rings is 1. The molecule has 0 saturated carbocycles. The lowest BCUT2D eigenvalue weighted by Gasteiger charge is -2.13. The summed E-state index contributed by atoms with van der Waals surface area (Å²) in [6.07, 6.45) is 1.43. The molecule has 4 rings (SSSR count). The molecule has 1 aromatic carbocycles. The third kappa shape index (κ3) is 3.81. The molecule has 1 aliphatic rings. The highest BCUT2D eigenvalue weighted by atomic mass is 32.1. The highest BCUT2D eigenvalue weighted by Crippen LogP contribution is 2.20. The van der Waals surface area contributed by atoms with Crippen molar-refractivity contribution in [2.45, 2.75) is 26.3 Å². The molecule has 29 heavy (non-hydrogen) atoms. The second-order valence-corrected chi connectivity index (χ2v) is 7.55. The van der Waals surface area contributed by atoms with Gasteiger partial charge in [0.1, 0.15) is 6.54 Å². The fourth-order valence-electron chi connectivity index (χ4n) is 3.02. The molecule has 148 valence electrons. The van der Waals surface area contributed by atoms with E-state index in [0.29, 0.717) is 12.2 Å². The predicted molar refractivity (Wildman–Crippen MR) is 105 cm³/mol. The maximum atomic E-state index is 12.6. The molecule has 1 saturated heterocycles. The molecule has 0 radical (unpaired) electrons. The number of carbonyl (C=O) groups is 3. The molecule has 0 N–H and O–H groups in total. The normalized spacial score (nSPS) is 14.3. The molecule has 0 spiro atoms. The van der Waals surface area contributed by atoms with Crippen LogP contribution < -0.4 is 0 Å². The van der Waals surface area contributed by atoms with E-state index in [9.17, 15) is 14.4 Å². The van der Waals surface area contributed by atoms with Crippen molar-refractivity contribution in [3.8, 4) is 11.4 Å². The number of aromatic nitrogens is 2. The molecule has 8 nitrogen and oxygen atoms in total. The van der Waals surface area contributed by atoms with Crippen LogP contribution in [-0.4, -0.2) is 44.3 Å². The van der Waals surface area contributed by atoms with E-state index in [1.54, 1.807) is 0 Å². The maximum Gasteiger partial charge on any atom is 0.334 e. The Kier molecular flexibility index (Phi) is 5.22. The number of benzene rings is 1. The minimum Gasteiger partial charge on any atom is -0.337 e. The van der Waals surface area contributed by atoms with E-state index in [4.69, 9.17) is 4.52 Å². The van der Waals surface area contributed by atoms with Crippen molar-refractivity contribution in [2.24, 2.45) is 0 Å². The summed E-state index contributed by atoms with van der Waals surface area (Å²) in [6, 6.07) is 10.9. The molecule has 0 aliphatic carbocycles.